The molecule has 0 saturated carbocycles. The fourth-order valence-corrected chi connectivity index (χ4v) is 3.08. The van der Waals surface area contributed by atoms with Crippen LogP contribution in [-0.2, 0) is 10.2 Å². The Hall–Kier alpha value is -1.35. The highest BCUT2D eigenvalue weighted by Crippen LogP contribution is 2.29. The summed E-state index contributed by atoms with van der Waals surface area (Å²) in [6, 6.07) is 10.7. The van der Waals surface area contributed by atoms with E-state index in [2.05, 4.69) is 36.2 Å². The van der Waals surface area contributed by atoms with E-state index < -0.39 is 0 Å². The highest BCUT2D eigenvalue weighted by molar-refractivity contribution is 5.78. The van der Waals surface area contributed by atoms with Gasteiger partial charge in [-0.05, 0) is 30.9 Å². The average Bonchev–Trinajstić information content (AvgIpc) is 2.88. The van der Waals surface area contributed by atoms with Crippen LogP contribution in [0.25, 0.3) is 0 Å². The molecular weight excluding hydrogens is 248 g/mol. The van der Waals surface area contributed by atoms with Crippen LogP contribution < -0.4 is 5.32 Å². The highest BCUT2D eigenvalue weighted by Gasteiger charge is 2.32. The molecule has 1 amide bonds. The number of nitrogens with zero attached hydrogens (tertiary/aromatic N) is 1. The van der Waals surface area contributed by atoms with Crippen molar-refractivity contribution >= 4 is 5.91 Å². The molecule has 2 rings (SSSR count). The van der Waals surface area contributed by atoms with E-state index in [1.807, 2.05) is 25.2 Å². The molecule has 1 unspecified atom stereocenters. The van der Waals surface area contributed by atoms with Crippen LogP contribution in [0.3, 0.4) is 0 Å². The molecule has 1 aromatic carbocycles. The fourth-order valence-electron chi connectivity index (χ4n) is 3.08. The minimum absolute atomic E-state index is 0.106. The van der Waals surface area contributed by atoms with Gasteiger partial charge >= 0.3 is 0 Å². The molecule has 0 spiro atoms. The number of amides is 1. The quantitative estimate of drug-likeness (QED) is 0.895. The normalized spacial score (nSPS) is 19.4. The van der Waals surface area contributed by atoms with E-state index in [9.17, 15) is 4.79 Å². The first-order chi connectivity index (χ1) is 9.54. The monoisotopic (exact) mass is 274 g/mol. The smallest absolute Gasteiger partial charge is 0.223 e. The Morgan fingerprint density at radius 3 is 2.70 bits per heavy atom. The standard InChI is InChI=1S/C17H26N2O/c1-17(2,14-8-5-4-6-9-14)12-16(20)19-11-7-10-15(19)13-18-3/h4-6,8-9,15,18H,7,10-13H2,1-3H3. The first-order valence-electron chi connectivity index (χ1n) is 7.54. The summed E-state index contributed by atoms with van der Waals surface area (Å²) in [5, 5.41) is 3.20. The van der Waals surface area contributed by atoms with Gasteiger partial charge in [0.05, 0.1) is 0 Å². The largest absolute Gasteiger partial charge is 0.338 e. The molecule has 1 N–H and O–H groups in total. The summed E-state index contributed by atoms with van der Waals surface area (Å²) >= 11 is 0. The van der Waals surface area contributed by atoms with Crippen LogP contribution in [0.4, 0.5) is 0 Å². The Kier molecular flexibility index (Phi) is 4.81. The van der Waals surface area contributed by atoms with Crippen LogP contribution in [0.15, 0.2) is 30.3 Å². The third kappa shape index (κ3) is 3.40. The topological polar surface area (TPSA) is 32.3 Å². The number of hydrogen-bond acceptors (Lipinski definition) is 2. The van der Waals surface area contributed by atoms with Gasteiger partial charge in [0.2, 0.25) is 5.91 Å². The summed E-state index contributed by atoms with van der Waals surface area (Å²) in [4.78, 5) is 14.7. The molecule has 20 heavy (non-hydrogen) atoms. The van der Waals surface area contributed by atoms with E-state index in [0.29, 0.717) is 12.5 Å². The van der Waals surface area contributed by atoms with Crippen molar-refractivity contribution in [2.45, 2.75) is 44.6 Å². The molecule has 0 aromatic heterocycles. The second-order valence-corrected chi connectivity index (χ2v) is 6.37. The van der Waals surface area contributed by atoms with Crippen molar-refractivity contribution in [1.82, 2.24) is 10.2 Å². The number of likely N-dealkylation sites (tertiary alicyclic amines) is 1. The van der Waals surface area contributed by atoms with Crippen molar-refractivity contribution in [3.8, 4) is 0 Å². The Labute approximate surface area is 122 Å². The zero-order chi connectivity index (χ0) is 14.6. The molecule has 1 aliphatic rings. The number of nitrogens with one attached hydrogen (secondary N) is 1. The van der Waals surface area contributed by atoms with Gasteiger partial charge in [0.25, 0.3) is 0 Å². The molecule has 1 atom stereocenters. The molecule has 3 heteroatoms. The number of benzene rings is 1. The lowest BCUT2D eigenvalue weighted by Crippen LogP contribution is -2.42. The van der Waals surface area contributed by atoms with Crippen molar-refractivity contribution in [1.29, 1.82) is 0 Å². The molecule has 110 valence electrons. The second kappa shape index (κ2) is 6.40. The van der Waals surface area contributed by atoms with E-state index in [4.69, 9.17) is 0 Å². The molecule has 0 bridgehead atoms. The van der Waals surface area contributed by atoms with Gasteiger partial charge in [-0.15, -0.1) is 0 Å². The second-order valence-electron chi connectivity index (χ2n) is 6.37. The van der Waals surface area contributed by atoms with Crippen molar-refractivity contribution in [2.24, 2.45) is 0 Å². The first-order valence-corrected chi connectivity index (χ1v) is 7.54. The van der Waals surface area contributed by atoms with E-state index in [-0.39, 0.29) is 11.3 Å². The summed E-state index contributed by atoms with van der Waals surface area (Å²) in [5.74, 6) is 0.289. The summed E-state index contributed by atoms with van der Waals surface area (Å²) in [7, 11) is 1.95. The number of carbonyl (C=O) groups is 1. The maximum absolute atomic E-state index is 12.6. The number of hydrogen-bond donors (Lipinski definition) is 1. The third-order valence-electron chi connectivity index (χ3n) is 4.29. The molecule has 0 radical (unpaired) electrons. The zero-order valence-corrected chi connectivity index (χ0v) is 12.9. The number of likely N-dealkylation sites (N-methyl/N-ethyl adjacent to an activating group) is 1. The maximum atomic E-state index is 12.6. The Morgan fingerprint density at radius 1 is 1.35 bits per heavy atom. The van der Waals surface area contributed by atoms with Crippen LogP contribution >= 0.6 is 0 Å². The summed E-state index contributed by atoms with van der Waals surface area (Å²) in [5.41, 5.74) is 1.13. The molecule has 1 fully saturated rings. The number of carbonyl (C=O) groups excluding carboxylic acids is 1. The van der Waals surface area contributed by atoms with Crippen LogP contribution in [0.2, 0.25) is 0 Å². The summed E-state index contributed by atoms with van der Waals surface area (Å²) in [6.45, 7) is 6.13. The van der Waals surface area contributed by atoms with Gasteiger partial charge in [-0.1, -0.05) is 44.2 Å². The molecule has 3 nitrogen and oxygen atoms in total. The lowest BCUT2D eigenvalue weighted by molar-refractivity contribution is -0.133. The zero-order valence-electron chi connectivity index (χ0n) is 12.9. The van der Waals surface area contributed by atoms with Gasteiger partial charge < -0.3 is 10.2 Å². The minimum Gasteiger partial charge on any atom is -0.338 e. The minimum atomic E-state index is -0.106. The predicted octanol–water partition coefficient (Wildman–Crippen LogP) is 2.56. The van der Waals surface area contributed by atoms with E-state index in [0.717, 1.165) is 25.9 Å². The molecule has 1 heterocycles. The lowest BCUT2D eigenvalue weighted by atomic mass is 9.81. The van der Waals surface area contributed by atoms with Crippen molar-refractivity contribution < 1.29 is 4.79 Å². The fraction of sp³-hybridized carbons (Fsp3) is 0.588. The van der Waals surface area contributed by atoms with Gasteiger partial charge in [0.1, 0.15) is 0 Å². The van der Waals surface area contributed by atoms with Gasteiger partial charge in [-0.25, -0.2) is 0 Å². The van der Waals surface area contributed by atoms with Crippen LogP contribution in [-0.4, -0.2) is 37.0 Å². The predicted molar refractivity (Wildman–Crippen MR) is 82.7 cm³/mol. The van der Waals surface area contributed by atoms with Crippen LogP contribution in [0.5, 0.6) is 0 Å². The maximum Gasteiger partial charge on any atom is 0.223 e. The van der Waals surface area contributed by atoms with E-state index >= 15 is 0 Å². The molecule has 1 aromatic rings. The summed E-state index contributed by atoms with van der Waals surface area (Å²) in [6.07, 6.45) is 2.83. The Bertz CT molecular complexity index is 442. The SMILES string of the molecule is CNCC1CCCN1C(=O)CC(C)(C)c1ccccc1. The highest BCUT2D eigenvalue weighted by atomic mass is 16.2. The van der Waals surface area contributed by atoms with Gasteiger partial charge in [-0.3, -0.25) is 4.79 Å². The lowest BCUT2D eigenvalue weighted by Gasteiger charge is -2.30. The van der Waals surface area contributed by atoms with Gasteiger partial charge in [0, 0.05) is 25.6 Å². The average molecular weight is 274 g/mol. The van der Waals surface area contributed by atoms with E-state index in [1.54, 1.807) is 0 Å². The van der Waals surface area contributed by atoms with Gasteiger partial charge in [0.15, 0.2) is 0 Å². The summed E-state index contributed by atoms with van der Waals surface area (Å²) < 4.78 is 0. The van der Waals surface area contributed by atoms with Crippen molar-refractivity contribution in [3.63, 3.8) is 0 Å². The molecule has 0 aliphatic carbocycles. The Morgan fingerprint density at radius 2 is 2.05 bits per heavy atom. The third-order valence-corrected chi connectivity index (χ3v) is 4.29. The Balaban J connectivity index is 2.03. The molecule has 1 saturated heterocycles. The van der Waals surface area contributed by atoms with Gasteiger partial charge in [-0.2, -0.15) is 0 Å². The molecule has 1 aliphatic heterocycles. The van der Waals surface area contributed by atoms with Crippen LogP contribution in [0, 0.1) is 0 Å². The van der Waals surface area contributed by atoms with Crippen LogP contribution in [0.1, 0.15) is 38.7 Å². The van der Waals surface area contributed by atoms with Crippen molar-refractivity contribution in [2.75, 3.05) is 20.1 Å². The van der Waals surface area contributed by atoms with Crippen molar-refractivity contribution in [3.05, 3.63) is 35.9 Å². The molecular formula is C17H26N2O. The number of rotatable bonds is 5. The van der Waals surface area contributed by atoms with E-state index in [1.165, 1.54) is 5.56 Å². The first kappa shape index (κ1) is 15.0.